The number of aliphatic imine (C=N–C) groups is 1. The van der Waals surface area contributed by atoms with E-state index in [-0.39, 0.29) is 28.9 Å². The Labute approximate surface area is 167 Å². The summed E-state index contributed by atoms with van der Waals surface area (Å²) >= 11 is 1.54. The van der Waals surface area contributed by atoms with Gasteiger partial charge in [-0.2, -0.15) is 0 Å². The Morgan fingerprint density at radius 2 is 2.00 bits per heavy atom. The highest BCUT2D eigenvalue weighted by Gasteiger charge is 2.30. The summed E-state index contributed by atoms with van der Waals surface area (Å²) in [6, 6.07) is 5.03. The van der Waals surface area contributed by atoms with E-state index in [2.05, 4.69) is 15.2 Å². The average molecular weight is 405 g/mol. The van der Waals surface area contributed by atoms with Gasteiger partial charge in [-0.1, -0.05) is 11.8 Å². The second kappa shape index (κ2) is 8.02. The first-order chi connectivity index (χ1) is 13.3. The molecule has 0 saturated carbocycles. The van der Waals surface area contributed by atoms with E-state index in [1.807, 2.05) is 6.07 Å². The molecule has 1 aromatic carbocycles. The number of carbonyl (C=O) groups excluding carboxylic acids is 1. The van der Waals surface area contributed by atoms with Gasteiger partial charge in [0, 0.05) is 25.7 Å². The monoisotopic (exact) mass is 405 g/mol. The second-order valence-electron chi connectivity index (χ2n) is 7.46. The van der Waals surface area contributed by atoms with Crippen molar-refractivity contribution < 1.29 is 19.0 Å². The molecule has 1 aliphatic rings. The Morgan fingerprint density at radius 3 is 2.61 bits per heavy atom. The van der Waals surface area contributed by atoms with Crippen molar-refractivity contribution in [1.29, 1.82) is 0 Å². The van der Waals surface area contributed by atoms with E-state index in [9.17, 15) is 9.70 Å². The SMILES string of the molecule is COC(OC)C1CN=C(c2cc3cc(OC(=O)C(C)(C)C)cc(N=O)c3[nH]2)S1. The van der Waals surface area contributed by atoms with Gasteiger partial charge in [0.25, 0.3) is 0 Å². The lowest BCUT2D eigenvalue weighted by Gasteiger charge is -2.18. The molecule has 3 rings (SSSR count). The zero-order valence-electron chi connectivity index (χ0n) is 16.4. The summed E-state index contributed by atoms with van der Waals surface area (Å²) in [5.41, 5.74) is 0.850. The zero-order valence-corrected chi connectivity index (χ0v) is 17.3. The molecule has 1 atom stereocenters. The van der Waals surface area contributed by atoms with Crippen LogP contribution in [0.2, 0.25) is 0 Å². The zero-order chi connectivity index (χ0) is 20.5. The third-order valence-electron chi connectivity index (χ3n) is 4.28. The maximum Gasteiger partial charge on any atom is 0.316 e. The molecule has 0 radical (unpaired) electrons. The number of hydrogen-bond donors (Lipinski definition) is 1. The van der Waals surface area contributed by atoms with Gasteiger partial charge in [0.05, 0.1) is 28.4 Å². The van der Waals surface area contributed by atoms with Crippen LogP contribution in [0.15, 0.2) is 28.4 Å². The summed E-state index contributed by atoms with van der Waals surface area (Å²) in [7, 11) is 3.19. The molecule has 1 unspecified atom stereocenters. The van der Waals surface area contributed by atoms with Crippen LogP contribution in [0.4, 0.5) is 5.69 Å². The summed E-state index contributed by atoms with van der Waals surface area (Å²) in [5.74, 6) is -0.103. The van der Waals surface area contributed by atoms with Crippen molar-refractivity contribution in [3.63, 3.8) is 0 Å². The molecule has 0 spiro atoms. The van der Waals surface area contributed by atoms with Crippen molar-refractivity contribution in [2.45, 2.75) is 32.3 Å². The van der Waals surface area contributed by atoms with Crippen LogP contribution in [0.3, 0.4) is 0 Å². The van der Waals surface area contributed by atoms with Gasteiger partial charge in [-0.25, -0.2) is 0 Å². The minimum absolute atomic E-state index is 0.0448. The van der Waals surface area contributed by atoms with E-state index >= 15 is 0 Å². The third kappa shape index (κ3) is 4.11. The van der Waals surface area contributed by atoms with Gasteiger partial charge < -0.3 is 19.2 Å². The summed E-state index contributed by atoms with van der Waals surface area (Å²) in [6.07, 6.45) is -0.355. The summed E-state index contributed by atoms with van der Waals surface area (Å²) < 4.78 is 16.0. The van der Waals surface area contributed by atoms with Gasteiger partial charge in [-0.05, 0) is 38.1 Å². The van der Waals surface area contributed by atoms with Crippen LogP contribution in [-0.2, 0) is 14.3 Å². The minimum atomic E-state index is -0.656. The van der Waals surface area contributed by atoms with E-state index in [1.165, 1.54) is 6.07 Å². The molecule has 0 fully saturated rings. The molecular weight excluding hydrogens is 382 g/mol. The van der Waals surface area contributed by atoms with E-state index in [4.69, 9.17) is 14.2 Å². The van der Waals surface area contributed by atoms with E-state index in [0.717, 1.165) is 10.7 Å². The fourth-order valence-corrected chi connectivity index (χ4v) is 3.94. The predicted molar refractivity (Wildman–Crippen MR) is 109 cm³/mol. The standard InChI is InChI=1S/C19H23N3O5S/c1-19(2,3)18(23)27-11-6-10-7-13(21-15(10)12(8-11)22-24)16-20-9-14(28-16)17(25-4)26-5/h6-8,14,17,21H,9H2,1-5H3. The molecule has 0 amide bonds. The first-order valence-electron chi connectivity index (χ1n) is 8.76. The highest BCUT2D eigenvalue weighted by molar-refractivity contribution is 8.15. The number of ether oxygens (including phenoxy) is 3. The molecule has 0 saturated heterocycles. The van der Waals surface area contributed by atoms with Crippen LogP contribution in [0.25, 0.3) is 10.9 Å². The molecule has 1 aliphatic heterocycles. The van der Waals surface area contributed by atoms with E-state index < -0.39 is 5.41 Å². The van der Waals surface area contributed by atoms with E-state index in [1.54, 1.807) is 52.8 Å². The Kier molecular flexibility index (Phi) is 5.87. The van der Waals surface area contributed by atoms with Gasteiger partial charge in [0.1, 0.15) is 16.5 Å². The van der Waals surface area contributed by atoms with Crippen molar-refractivity contribution in [3.05, 3.63) is 28.8 Å². The third-order valence-corrected chi connectivity index (χ3v) is 5.53. The maximum absolute atomic E-state index is 12.2. The van der Waals surface area contributed by atoms with Crippen molar-refractivity contribution >= 4 is 39.4 Å². The molecule has 1 N–H and O–H groups in total. The highest BCUT2D eigenvalue weighted by Crippen LogP contribution is 2.35. The highest BCUT2D eigenvalue weighted by atomic mass is 32.2. The lowest BCUT2D eigenvalue weighted by molar-refractivity contribution is -0.142. The van der Waals surface area contributed by atoms with Crippen LogP contribution in [-0.4, -0.2) is 48.3 Å². The number of benzene rings is 1. The fraction of sp³-hybridized carbons (Fsp3) is 0.474. The van der Waals surface area contributed by atoms with Crippen molar-refractivity contribution in [2.75, 3.05) is 20.8 Å². The molecule has 9 heteroatoms. The van der Waals surface area contributed by atoms with Crippen LogP contribution < -0.4 is 4.74 Å². The van der Waals surface area contributed by atoms with Gasteiger partial charge >= 0.3 is 5.97 Å². The smallest absolute Gasteiger partial charge is 0.316 e. The van der Waals surface area contributed by atoms with Crippen LogP contribution in [0.1, 0.15) is 26.5 Å². The van der Waals surface area contributed by atoms with Crippen molar-refractivity contribution in [3.8, 4) is 5.75 Å². The number of nitrogens with one attached hydrogen (secondary N) is 1. The quantitative estimate of drug-likeness (QED) is 0.337. The van der Waals surface area contributed by atoms with Crippen LogP contribution >= 0.6 is 11.8 Å². The fourth-order valence-electron chi connectivity index (χ4n) is 2.79. The number of aromatic nitrogens is 1. The summed E-state index contributed by atoms with van der Waals surface area (Å²) in [4.78, 5) is 31.2. The van der Waals surface area contributed by atoms with E-state index in [0.29, 0.717) is 17.4 Å². The number of carbonyl (C=O) groups is 1. The topological polar surface area (TPSA) is 102 Å². The lowest BCUT2D eigenvalue weighted by atomic mass is 9.97. The van der Waals surface area contributed by atoms with Gasteiger partial charge in [-0.15, -0.1) is 4.91 Å². The predicted octanol–water partition coefficient (Wildman–Crippen LogP) is 4.00. The lowest BCUT2D eigenvalue weighted by Crippen LogP contribution is -2.28. The number of rotatable bonds is 6. The van der Waals surface area contributed by atoms with Crippen molar-refractivity contribution in [1.82, 2.24) is 4.98 Å². The first kappa shape index (κ1) is 20.5. The summed E-state index contributed by atoms with van der Waals surface area (Å²) in [6.45, 7) is 5.86. The number of aromatic amines is 1. The van der Waals surface area contributed by atoms with Gasteiger partial charge in [-0.3, -0.25) is 9.79 Å². The minimum Gasteiger partial charge on any atom is -0.426 e. The number of thioether (sulfide) groups is 1. The van der Waals surface area contributed by atoms with Crippen molar-refractivity contribution in [2.24, 2.45) is 15.6 Å². The van der Waals surface area contributed by atoms with Gasteiger partial charge in [0.15, 0.2) is 6.29 Å². The van der Waals surface area contributed by atoms with Crippen LogP contribution in [0, 0.1) is 10.3 Å². The number of esters is 1. The molecule has 28 heavy (non-hydrogen) atoms. The normalized spacial score (nSPS) is 17.2. The van der Waals surface area contributed by atoms with Gasteiger partial charge in [0.2, 0.25) is 0 Å². The number of nitroso groups, excluding NO2 is 1. The summed E-state index contributed by atoms with van der Waals surface area (Å²) in [5, 5.41) is 4.63. The molecular formula is C19H23N3O5S. The van der Waals surface area contributed by atoms with Crippen LogP contribution in [0.5, 0.6) is 5.75 Å². The number of hydrogen-bond acceptors (Lipinski definition) is 8. The molecule has 2 aromatic rings. The Morgan fingerprint density at radius 1 is 1.29 bits per heavy atom. The number of nitrogens with zero attached hydrogens (tertiary/aromatic N) is 2. The largest absolute Gasteiger partial charge is 0.426 e. The molecule has 0 bridgehead atoms. The number of methoxy groups -OCH3 is 2. The average Bonchev–Trinajstić information content (AvgIpc) is 3.28. The molecule has 8 nitrogen and oxygen atoms in total. The maximum atomic E-state index is 12.2. The number of fused-ring (bicyclic) bond motifs is 1. The number of H-pyrrole nitrogens is 1. The molecule has 1 aromatic heterocycles. The molecule has 2 heterocycles. The molecule has 150 valence electrons. The first-order valence-corrected chi connectivity index (χ1v) is 9.64. The Balaban J connectivity index is 1.89. The Bertz CT molecular complexity index is 928. The molecule has 0 aliphatic carbocycles. The second-order valence-corrected chi connectivity index (χ2v) is 8.69. The Hall–Kier alpha value is -2.23.